The first-order chi connectivity index (χ1) is 11.6. The summed E-state index contributed by atoms with van der Waals surface area (Å²) >= 11 is 0. The van der Waals surface area contributed by atoms with Crippen LogP contribution in [0.3, 0.4) is 0 Å². The van der Waals surface area contributed by atoms with Crippen molar-refractivity contribution >= 4 is 5.91 Å². The van der Waals surface area contributed by atoms with E-state index < -0.39 is 0 Å². The predicted octanol–water partition coefficient (Wildman–Crippen LogP) is 0.953. The molecule has 2 N–H and O–H groups in total. The largest absolute Gasteiger partial charge is 0.349 e. The summed E-state index contributed by atoms with van der Waals surface area (Å²) in [6.07, 6.45) is 5.83. The number of hydrogen-bond acceptors (Lipinski definition) is 5. The molecule has 1 unspecified atom stereocenters. The molecule has 0 radical (unpaired) electrons. The van der Waals surface area contributed by atoms with Crippen molar-refractivity contribution in [3.8, 4) is 0 Å². The maximum Gasteiger partial charge on any atom is 0.271 e. The second-order valence-corrected chi connectivity index (χ2v) is 6.47. The molecule has 1 aliphatic heterocycles. The molecular weight excluding hydrogens is 306 g/mol. The molecule has 0 saturated carbocycles. The van der Waals surface area contributed by atoms with Crippen LogP contribution in [0, 0.1) is 0 Å². The molecule has 8 heteroatoms. The third-order valence-electron chi connectivity index (χ3n) is 4.29. The molecule has 0 bridgehead atoms. The normalized spacial score (nSPS) is 18.0. The topological polar surface area (TPSA) is 89.7 Å². The summed E-state index contributed by atoms with van der Waals surface area (Å²) < 4.78 is 3.87. The third kappa shape index (κ3) is 3.81. The van der Waals surface area contributed by atoms with E-state index in [-0.39, 0.29) is 5.91 Å². The van der Waals surface area contributed by atoms with E-state index in [1.807, 2.05) is 15.4 Å². The Kier molecular flexibility index (Phi) is 5.24. The first kappa shape index (κ1) is 16.6. The fourth-order valence-corrected chi connectivity index (χ4v) is 2.99. The van der Waals surface area contributed by atoms with Crippen LogP contribution in [0.25, 0.3) is 0 Å². The van der Waals surface area contributed by atoms with Gasteiger partial charge in [0.05, 0.1) is 6.04 Å². The van der Waals surface area contributed by atoms with Gasteiger partial charge in [0.1, 0.15) is 17.8 Å². The lowest BCUT2D eigenvalue weighted by atomic mass is 10.1. The molecule has 0 spiro atoms. The highest BCUT2D eigenvalue weighted by atomic mass is 16.1. The summed E-state index contributed by atoms with van der Waals surface area (Å²) in [6, 6.07) is 2.12. The lowest BCUT2D eigenvalue weighted by molar-refractivity contribution is 0.0946. The van der Waals surface area contributed by atoms with E-state index in [9.17, 15) is 4.79 Å². The molecule has 1 atom stereocenters. The Hall–Kier alpha value is -2.22. The third-order valence-corrected chi connectivity index (χ3v) is 4.29. The van der Waals surface area contributed by atoms with Crippen molar-refractivity contribution in [2.45, 2.75) is 45.2 Å². The van der Waals surface area contributed by atoms with Crippen molar-refractivity contribution in [2.24, 2.45) is 0 Å². The molecule has 1 aliphatic rings. The SMILES string of the molecule is CC(C)c1nncn1CCNC(=O)c1ccn(C2CCCNC2)n1. The van der Waals surface area contributed by atoms with Crippen LogP contribution in [-0.4, -0.2) is 50.1 Å². The number of nitrogens with one attached hydrogen (secondary N) is 2. The Bertz CT molecular complexity index is 670. The average molecular weight is 331 g/mol. The fourth-order valence-electron chi connectivity index (χ4n) is 2.99. The number of hydrogen-bond donors (Lipinski definition) is 2. The molecule has 1 saturated heterocycles. The molecule has 130 valence electrons. The summed E-state index contributed by atoms with van der Waals surface area (Å²) in [5, 5.41) is 18.7. The van der Waals surface area contributed by atoms with Crippen molar-refractivity contribution in [1.82, 2.24) is 35.2 Å². The second kappa shape index (κ2) is 7.57. The van der Waals surface area contributed by atoms with Gasteiger partial charge >= 0.3 is 0 Å². The van der Waals surface area contributed by atoms with Crippen LogP contribution in [-0.2, 0) is 6.54 Å². The fraction of sp³-hybridized carbons (Fsp3) is 0.625. The number of aromatic nitrogens is 5. The standard InChI is InChI=1S/C16H25N7O/c1-12(2)15-20-19-11-22(15)9-7-18-16(24)14-5-8-23(21-14)13-4-3-6-17-10-13/h5,8,11-13,17H,3-4,6-7,9-10H2,1-2H3,(H,18,24). The number of amides is 1. The van der Waals surface area contributed by atoms with E-state index in [0.717, 1.165) is 31.8 Å². The highest BCUT2D eigenvalue weighted by Gasteiger charge is 2.17. The lowest BCUT2D eigenvalue weighted by Gasteiger charge is -2.22. The summed E-state index contributed by atoms with van der Waals surface area (Å²) in [7, 11) is 0. The summed E-state index contributed by atoms with van der Waals surface area (Å²) in [5.41, 5.74) is 0.466. The van der Waals surface area contributed by atoms with Gasteiger partial charge in [-0.15, -0.1) is 10.2 Å². The van der Waals surface area contributed by atoms with Crippen LogP contribution < -0.4 is 10.6 Å². The van der Waals surface area contributed by atoms with E-state index in [2.05, 4.69) is 39.8 Å². The average Bonchev–Trinajstić information content (AvgIpc) is 3.25. The first-order valence-electron chi connectivity index (χ1n) is 8.57. The number of nitrogens with zero attached hydrogens (tertiary/aromatic N) is 5. The van der Waals surface area contributed by atoms with Gasteiger partial charge in [-0.1, -0.05) is 13.8 Å². The zero-order valence-corrected chi connectivity index (χ0v) is 14.3. The van der Waals surface area contributed by atoms with Crippen LogP contribution in [0.1, 0.15) is 55.0 Å². The molecule has 3 heterocycles. The molecule has 0 aromatic carbocycles. The maximum atomic E-state index is 12.2. The molecule has 0 aliphatic carbocycles. The molecule has 8 nitrogen and oxygen atoms in total. The summed E-state index contributed by atoms with van der Waals surface area (Å²) in [4.78, 5) is 12.2. The van der Waals surface area contributed by atoms with E-state index in [0.29, 0.717) is 30.7 Å². The van der Waals surface area contributed by atoms with E-state index in [4.69, 9.17) is 0 Å². The molecule has 1 fully saturated rings. The molecule has 1 amide bonds. The maximum absolute atomic E-state index is 12.2. The van der Waals surface area contributed by atoms with Gasteiger partial charge in [-0.2, -0.15) is 5.10 Å². The van der Waals surface area contributed by atoms with Crippen LogP contribution in [0.5, 0.6) is 0 Å². The molecule has 2 aromatic rings. The van der Waals surface area contributed by atoms with Gasteiger partial charge in [0, 0.05) is 31.7 Å². The first-order valence-corrected chi connectivity index (χ1v) is 8.57. The van der Waals surface area contributed by atoms with Crippen molar-refractivity contribution in [3.63, 3.8) is 0 Å². The monoisotopic (exact) mass is 331 g/mol. The van der Waals surface area contributed by atoms with Crippen LogP contribution in [0.2, 0.25) is 0 Å². The minimum atomic E-state index is -0.142. The summed E-state index contributed by atoms with van der Waals surface area (Å²) in [5.74, 6) is 1.10. The number of carbonyl (C=O) groups excluding carboxylic acids is 1. The molecule has 2 aromatic heterocycles. The Labute approximate surface area is 141 Å². The predicted molar refractivity (Wildman–Crippen MR) is 89.8 cm³/mol. The Morgan fingerprint density at radius 2 is 2.38 bits per heavy atom. The Balaban J connectivity index is 1.52. The highest BCUT2D eigenvalue weighted by Crippen LogP contribution is 2.15. The van der Waals surface area contributed by atoms with Gasteiger partial charge in [-0.3, -0.25) is 9.48 Å². The van der Waals surface area contributed by atoms with Crippen molar-refractivity contribution in [3.05, 3.63) is 30.1 Å². The van der Waals surface area contributed by atoms with Crippen LogP contribution in [0.15, 0.2) is 18.6 Å². The minimum Gasteiger partial charge on any atom is -0.349 e. The van der Waals surface area contributed by atoms with Gasteiger partial charge in [-0.25, -0.2) is 0 Å². The quantitative estimate of drug-likeness (QED) is 0.823. The van der Waals surface area contributed by atoms with Gasteiger partial charge in [-0.05, 0) is 25.5 Å². The van der Waals surface area contributed by atoms with Crippen molar-refractivity contribution in [1.29, 1.82) is 0 Å². The van der Waals surface area contributed by atoms with Gasteiger partial charge in [0.15, 0.2) is 0 Å². The van der Waals surface area contributed by atoms with Gasteiger partial charge in [0.2, 0.25) is 0 Å². The van der Waals surface area contributed by atoms with Gasteiger partial charge < -0.3 is 15.2 Å². The Morgan fingerprint density at radius 1 is 1.50 bits per heavy atom. The zero-order valence-electron chi connectivity index (χ0n) is 14.3. The van der Waals surface area contributed by atoms with E-state index >= 15 is 0 Å². The zero-order chi connectivity index (χ0) is 16.9. The van der Waals surface area contributed by atoms with Crippen molar-refractivity contribution < 1.29 is 4.79 Å². The summed E-state index contributed by atoms with van der Waals surface area (Å²) in [6.45, 7) is 7.30. The molecule has 24 heavy (non-hydrogen) atoms. The number of carbonyl (C=O) groups is 1. The smallest absolute Gasteiger partial charge is 0.271 e. The number of piperidine rings is 1. The number of rotatable bonds is 6. The molecular formula is C16H25N7O. The van der Waals surface area contributed by atoms with Crippen LogP contribution in [0.4, 0.5) is 0 Å². The van der Waals surface area contributed by atoms with E-state index in [1.165, 1.54) is 0 Å². The Morgan fingerprint density at radius 3 is 3.12 bits per heavy atom. The lowest BCUT2D eigenvalue weighted by Crippen LogP contribution is -2.32. The van der Waals surface area contributed by atoms with Crippen molar-refractivity contribution in [2.75, 3.05) is 19.6 Å². The van der Waals surface area contributed by atoms with Crippen LogP contribution >= 0.6 is 0 Å². The molecule has 3 rings (SSSR count). The minimum absolute atomic E-state index is 0.142. The van der Waals surface area contributed by atoms with Gasteiger partial charge in [0.25, 0.3) is 5.91 Å². The van der Waals surface area contributed by atoms with E-state index in [1.54, 1.807) is 12.4 Å². The highest BCUT2D eigenvalue weighted by molar-refractivity contribution is 5.92. The second-order valence-electron chi connectivity index (χ2n) is 6.47.